The lowest BCUT2D eigenvalue weighted by molar-refractivity contribution is -0.113. The van der Waals surface area contributed by atoms with Crippen LogP contribution in [0.3, 0.4) is 0 Å². The number of anilines is 1. The molecule has 1 fully saturated rings. The highest BCUT2D eigenvalue weighted by Crippen LogP contribution is 2.32. The molecular formula is C18H18N4O2S. The van der Waals surface area contributed by atoms with Crippen molar-refractivity contribution in [1.29, 1.82) is 0 Å². The number of aliphatic imine (C=N–C) groups is 1. The van der Waals surface area contributed by atoms with E-state index in [2.05, 4.69) is 28.9 Å². The molecular weight excluding hydrogens is 336 g/mol. The second-order valence-electron chi connectivity index (χ2n) is 6.01. The number of nitrogens with zero attached hydrogens (tertiary/aromatic N) is 3. The van der Waals surface area contributed by atoms with E-state index in [1.807, 2.05) is 18.2 Å². The zero-order valence-corrected chi connectivity index (χ0v) is 14.7. The second kappa shape index (κ2) is 6.50. The SMILES string of the molecule is Cc1cccc2cc(C=C3SC(N)=NC3=O)c(N3CCOCC3)nc12. The van der Waals surface area contributed by atoms with Crippen molar-refractivity contribution in [2.45, 2.75) is 6.92 Å². The molecule has 0 aliphatic carbocycles. The van der Waals surface area contributed by atoms with Crippen LogP contribution in [0, 0.1) is 6.92 Å². The molecule has 0 unspecified atom stereocenters. The van der Waals surface area contributed by atoms with Crippen LogP contribution in [-0.2, 0) is 9.53 Å². The number of amidine groups is 1. The minimum Gasteiger partial charge on any atom is -0.378 e. The smallest absolute Gasteiger partial charge is 0.286 e. The van der Waals surface area contributed by atoms with E-state index < -0.39 is 0 Å². The third-order valence-electron chi connectivity index (χ3n) is 4.29. The molecule has 2 aromatic rings. The Morgan fingerprint density at radius 2 is 2.12 bits per heavy atom. The van der Waals surface area contributed by atoms with Gasteiger partial charge in [0, 0.05) is 24.0 Å². The minimum absolute atomic E-state index is 0.286. The lowest BCUT2D eigenvalue weighted by Crippen LogP contribution is -2.37. The highest BCUT2D eigenvalue weighted by atomic mass is 32.2. The summed E-state index contributed by atoms with van der Waals surface area (Å²) in [6.45, 7) is 4.96. The first-order valence-corrected chi connectivity index (χ1v) is 8.94. The van der Waals surface area contributed by atoms with Gasteiger partial charge in [0.1, 0.15) is 5.82 Å². The van der Waals surface area contributed by atoms with Crippen molar-refractivity contribution in [3.8, 4) is 0 Å². The number of aromatic nitrogens is 1. The number of aryl methyl sites for hydroxylation is 1. The van der Waals surface area contributed by atoms with E-state index in [0.29, 0.717) is 18.1 Å². The van der Waals surface area contributed by atoms with E-state index in [0.717, 1.165) is 40.9 Å². The second-order valence-corrected chi connectivity index (χ2v) is 7.08. The summed E-state index contributed by atoms with van der Waals surface area (Å²) in [4.78, 5) is 23.4. The fraction of sp³-hybridized carbons (Fsp3) is 0.278. The van der Waals surface area contributed by atoms with Crippen LogP contribution in [0.2, 0.25) is 0 Å². The van der Waals surface area contributed by atoms with Crippen molar-refractivity contribution >= 4 is 45.6 Å². The summed E-state index contributed by atoms with van der Waals surface area (Å²) in [5.74, 6) is 0.580. The van der Waals surface area contributed by atoms with Gasteiger partial charge in [-0.1, -0.05) is 18.2 Å². The highest BCUT2D eigenvalue weighted by Gasteiger charge is 2.22. The molecule has 1 aromatic heterocycles. The third-order valence-corrected chi connectivity index (χ3v) is 5.10. The number of thioether (sulfide) groups is 1. The van der Waals surface area contributed by atoms with Gasteiger partial charge in [-0.15, -0.1) is 0 Å². The van der Waals surface area contributed by atoms with Gasteiger partial charge in [-0.3, -0.25) is 4.79 Å². The Labute approximate surface area is 149 Å². The lowest BCUT2D eigenvalue weighted by Gasteiger charge is -2.29. The zero-order valence-electron chi connectivity index (χ0n) is 13.9. The number of pyridine rings is 1. The standard InChI is InChI=1S/C18H18N4O2S/c1-11-3-2-4-12-9-13(10-14-17(23)21-18(19)25-14)16(20-15(11)12)22-5-7-24-8-6-22/h2-4,9-10H,5-8H2,1H3,(H2,19,21,23). The maximum Gasteiger partial charge on any atom is 0.286 e. The molecule has 3 heterocycles. The number of benzene rings is 1. The molecule has 2 aliphatic heterocycles. The maximum absolute atomic E-state index is 12.0. The van der Waals surface area contributed by atoms with Gasteiger partial charge in [-0.2, -0.15) is 4.99 Å². The molecule has 1 amide bonds. The Balaban J connectivity index is 1.86. The molecule has 1 aromatic carbocycles. The highest BCUT2D eigenvalue weighted by molar-refractivity contribution is 8.18. The topological polar surface area (TPSA) is 80.8 Å². The number of rotatable bonds is 2. The van der Waals surface area contributed by atoms with Gasteiger partial charge in [0.15, 0.2) is 5.17 Å². The Morgan fingerprint density at radius 3 is 2.84 bits per heavy atom. The summed E-state index contributed by atoms with van der Waals surface area (Å²) >= 11 is 1.20. The Bertz CT molecular complexity index is 917. The Morgan fingerprint density at radius 1 is 1.32 bits per heavy atom. The predicted molar refractivity (Wildman–Crippen MR) is 102 cm³/mol. The maximum atomic E-state index is 12.0. The molecule has 25 heavy (non-hydrogen) atoms. The predicted octanol–water partition coefficient (Wildman–Crippen LogP) is 2.31. The number of hydrogen-bond acceptors (Lipinski definition) is 6. The summed E-state index contributed by atoms with van der Waals surface area (Å²) in [6, 6.07) is 8.19. The zero-order chi connectivity index (χ0) is 17.4. The summed E-state index contributed by atoms with van der Waals surface area (Å²) in [5, 5.41) is 1.34. The molecule has 0 bridgehead atoms. The number of carbonyl (C=O) groups is 1. The van der Waals surface area contributed by atoms with Gasteiger partial charge in [0.2, 0.25) is 0 Å². The fourth-order valence-electron chi connectivity index (χ4n) is 3.05. The van der Waals surface area contributed by atoms with Crippen LogP contribution in [0.5, 0.6) is 0 Å². The number of hydrogen-bond donors (Lipinski definition) is 1. The van der Waals surface area contributed by atoms with Gasteiger partial charge in [0.05, 0.1) is 23.6 Å². The van der Waals surface area contributed by atoms with Crippen LogP contribution in [0.25, 0.3) is 17.0 Å². The minimum atomic E-state index is -0.292. The monoisotopic (exact) mass is 354 g/mol. The molecule has 4 rings (SSSR count). The van der Waals surface area contributed by atoms with Crippen LogP contribution in [0.4, 0.5) is 5.82 Å². The summed E-state index contributed by atoms with van der Waals surface area (Å²) < 4.78 is 5.46. The molecule has 6 nitrogen and oxygen atoms in total. The molecule has 0 atom stereocenters. The average molecular weight is 354 g/mol. The number of para-hydroxylation sites is 1. The van der Waals surface area contributed by atoms with Crippen LogP contribution < -0.4 is 10.6 Å². The van der Waals surface area contributed by atoms with E-state index in [1.165, 1.54) is 11.8 Å². The van der Waals surface area contributed by atoms with E-state index >= 15 is 0 Å². The Hall–Kier alpha value is -2.38. The van der Waals surface area contributed by atoms with Crippen LogP contribution in [0.1, 0.15) is 11.1 Å². The molecule has 7 heteroatoms. The summed E-state index contributed by atoms with van der Waals surface area (Å²) in [7, 11) is 0. The number of carbonyl (C=O) groups excluding carboxylic acids is 1. The van der Waals surface area contributed by atoms with Crippen molar-refractivity contribution in [1.82, 2.24) is 4.98 Å². The van der Waals surface area contributed by atoms with Crippen molar-refractivity contribution in [2.24, 2.45) is 10.7 Å². The molecule has 2 N–H and O–H groups in total. The normalized spacial score (nSPS) is 19.7. The third kappa shape index (κ3) is 3.12. The summed E-state index contributed by atoms with van der Waals surface area (Å²) in [5.41, 5.74) is 8.68. The van der Waals surface area contributed by atoms with E-state index in [9.17, 15) is 4.79 Å². The quantitative estimate of drug-likeness (QED) is 0.834. The van der Waals surface area contributed by atoms with Gasteiger partial charge >= 0.3 is 0 Å². The number of ether oxygens (including phenoxy) is 1. The molecule has 128 valence electrons. The fourth-order valence-corrected chi connectivity index (χ4v) is 3.73. The number of amides is 1. The molecule has 0 spiro atoms. The van der Waals surface area contributed by atoms with Crippen molar-refractivity contribution in [3.05, 3.63) is 40.3 Å². The first-order valence-electron chi connectivity index (χ1n) is 8.13. The van der Waals surface area contributed by atoms with E-state index in [1.54, 1.807) is 0 Å². The van der Waals surface area contributed by atoms with Gasteiger partial charge < -0.3 is 15.4 Å². The van der Waals surface area contributed by atoms with Crippen molar-refractivity contribution in [2.75, 3.05) is 31.2 Å². The van der Waals surface area contributed by atoms with Gasteiger partial charge in [-0.05, 0) is 36.4 Å². The van der Waals surface area contributed by atoms with Crippen LogP contribution in [-0.4, -0.2) is 42.4 Å². The van der Waals surface area contributed by atoms with Gasteiger partial charge in [0.25, 0.3) is 5.91 Å². The molecule has 0 radical (unpaired) electrons. The number of morpholine rings is 1. The first-order chi connectivity index (χ1) is 12.1. The molecule has 1 saturated heterocycles. The van der Waals surface area contributed by atoms with Gasteiger partial charge in [-0.25, -0.2) is 4.98 Å². The van der Waals surface area contributed by atoms with Crippen LogP contribution >= 0.6 is 11.8 Å². The summed E-state index contributed by atoms with van der Waals surface area (Å²) in [6.07, 6.45) is 1.84. The number of fused-ring (bicyclic) bond motifs is 1. The van der Waals surface area contributed by atoms with Crippen molar-refractivity contribution < 1.29 is 9.53 Å². The average Bonchev–Trinajstić information content (AvgIpc) is 2.93. The van der Waals surface area contributed by atoms with E-state index in [4.69, 9.17) is 15.5 Å². The van der Waals surface area contributed by atoms with E-state index in [-0.39, 0.29) is 11.1 Å². The molecule has 2 aliphatic rings. The number of nitrogens with two attached hydrogens (primary N) is 1. The lowest BCUT2D eigenvalue weighted by atomic mass is 10.1. The first kappa shape index (κ1) is 16.1. The molecule has 0 saturated carbocycles. The van der Waals surface area contributed by atoms with Crippen molar-refractivity contribution in [3.63, 3.8) is 0 Å². The van der Waals surface area contributed by atoms with Crippen LogP contribution in [0.15, 0.2) is 34.2 Å². The largest absolute Gasteiger partial charge is 0.378 e. The Kier molecular flexibility index (Phi) is 4.19.